The molecule has 2 aromatic heterocycles. The molecule has 2 aliphatic carbocycles. The van der Waals surface area contributed by atoms with Crippen molar-refractivity contribution in [3.63, 3.8) is 0 Å². The molecule has 0 radical (unpaired) electrons. The van der Waals surface area contributed by atoms with Gasteiger partial charge < -0.3 is 14.2 Å². The second kappa shape index (κ2) is 4.94. The first kappa shape index (κ1) is 15.1. The number of esters is 1. The number of methoxy groups -OCH3 is 1. The lowest BCUT2D eigenvalue weighted by Crippen LogP contribution is -2.45. The molecule has 2 bridgehead atoms. The standard InChI is InChI=1S/C18H21N3O4/c1-17-8-18(9-17,10-25-17)13-6-21-5-12(15(22)23-2)14(20-16(21)19-13)24-7-11-3-4-11/h5-6,11H,3-4,7-10H2,1-2H3. The van der Waals surface area contributed by atoms with Crippen molar-refractivity contribution in [2.24, 2.45) is 5.92 Å². The Morgan fingerprint density at radius 2 is 2.16 bits per heavy atom. The summed E-state index contributed by atoms with van der Waals surface area (Å²) in [4.78, 5) is 21.3. The first-order valence-electron chi connectivity index (χ1n) is 8.76. The molecule has 4 aliphatic rings. The topological polar surface area (TPSA) is 75.0 Å². The van der Waals surface area contributed by atoms with Crippen LogP contribution in [0, 0.1) is 5.92 Å². The molecular formula is C18H21N3O4. The Morgan fingerprint density at radius 3 is 2.80 bits per heavy atom. The Labute approximate surface area is 145 Å². The van der Waals surface area contributed by atoms with Crippen LogP contribution in [-0.2, 0) is 14.9 Å². The van der Waals surface area contributed by atoms with Crippen molar-refractivity contribution >= 4 is 11.7 Å². The van der Waals surface area contributed by atoms with E-state index in [2.05, 4.69) is 11.9 Å². The number of aromatic nitrogens is 3. The van der Waals surface area contributed by atoms with E-state index in [1.54, 1.807) is 10.6 Å². The molecule has 2 saturated heterocycles. The highest BCUT2D eigenvalue weighted by molar-refractivity contribution is 5.91. The van der Waals surface area contributed by atoms with Gasteiger partial charge in [0.2, 0.25) is 11.7 Å². The van der Waals surface area contributed by atoms with E-state index in [0.29, 0.717) is 36.4 Å². The number of carbonyl (C=O) groups is 1. The maximum atomic E-state index is 12.1. The normalized spacial score (nSPS) is 30.3. The number of fused-ring (bicyclic) bond motifs is 2. The predicted molar refractivity (Wildman–Crippen MR) is 87.8 cm³/mol. The SMILES string of the molecule is COC(=O)c1cn2cc(C34COC(C)(C3)C4)nc2nc1OCC1CC1. The van der Waals surface area contributed by atoms with Crippen molar-refractivity contribution in [1.29, 1.82) is 0 Å². The maximum absolute atomic E-state index is 12.1. The molecule has 6 rings (SSSR count). The minimum Gasteiger partial charge on any atom is -0.477 e. The van der Waals surface area contributed by atoms with Gasteiger partial charge in [0.1, 0.15) is 5.56 Å². The van der Waals surface area contributed by atoms with Crippen LogP contribution >= 0.6 is 0 Å². The zero-order valence-corrected chi connectivity index (χ0v) is 14.4. The monoisotopic (exact) mass is 343 g/mol. The van der Waals surface area contributed by atoms with Gasteiger partial charge in [0.25, 0.3) is 0 Å². The van der Waals surface area contributed by atoms with Crippen LogP contribution < -0.4 is 4.74 Å². The summed E-state index contributed by atoms with van der Waals surface area (Å²) in [7, 11) is 1.36. The molecule has 0 spiro atoms. The molecule has 0 unspecified atom stereocenters. The van der Waals surface area contributed by atoms with Crippen molar-refractivity contribution in [2.45, 2.75) is 43.6 Å². The third-order valence-electron chi connectivity index (χ3n) is 5.64. The third-order valence-corrected chi connectivity index (χ3v) is 5.64. The number of hydrogen-bond acceptors (Lipinski definition) is 6. The molecule has 2 aliphatic heterocycles. The van der Waals surface area contributed by atoms with E-state index in [1.807, 2.05) is 6.20 Å². The summed E-state index contributed by atoms with van der Waals surface area (Å²) in [5.74, 6) is 0.973. The molecule has 0 amide bonds. The molecule has 4 fully saturated rings. The van der Waals surface area contributed by atoms with Crippen LogP contribution in [0.4, 0.5) is 0 Å². The Kier molecular flexibility index (Phi) is 2.99. The van der Waals surface area contributed by atoms with Gasteiger partial charge in [-0.1, -0.05) is 0 Å². The highest BCUT2D eigenvalue weighted by atomic mass is 16.5. The highest BCUT2D eigenvalue weighted by Gasteiger charge is 2.61. The minimum atomic E-state index is -0.450. The van der Waals surface area contributed by atoms with Gasteiger partial charge in [-0.15, -0.1) is 0 Å². The molecule has 7 nitrogen and oxygen atoms in total. The van der Waals surface area contributed by atoms with E-state index in [9.17, 15) is 4.79 Å². The van der Waals surface area contributed by atoms with Crippen LogP contribution in [-0.4, -0.2) is 46.3 Å². The largest absolute Gasteiger partial charge is 0.477 e. The van der Waals surface area contributed by atoms with Crippen LogP contribution in [0.5, 0.6) is 5.88 Å². The van der Waals surface area contributed by atoms with Gasteiger partial charge in [-0.05, 0) is 38.5 Å². The average Bonchev–Trinajstić information content (AvgIpc) is 3.07. The fourth-order valence-corrected chi connectivity index (χ4v) is 4.16. The number of rotatable bonds is 5. The molecule has 0 aromatic carbocycles. The summed E-state index contributed by atoms with van der Waals surface area (Å²) in [6.07, 6.45) is 7.97. The zero-order valence-electron chi connectivity index (χ0n) is 14.4. The van der Waals surface area contributed by atoms with Crippen LogP contribution in [0.15, 0.2) is 12.4 Å². The van der Waals surface area contributed by atoms with Crippen LogP contribution in [0.25, 0.3) is 5.78 Å². The van der Waals surface area contributed by atoms with E-state index >= 15 is 0 Å². The second-order valence-electron chi connectivity index (χ2n) is 7.91. The third kappa shape index (κ3) is 2.33. The lowest BCUT2D eigenvalue weighted by molar-refractivity contribution is 0.0154. The number of nitrogens with zero attached hydrogens (tertiary/aromatic N) is 3. The van der Waals surface area contributed by atoms with Crippen molar-refractivity contribution in [3.05, 3.63) is 23.7 Å². The Bertz CT molecular complexity index is 865. The summed E-state index contributed by atoms with van der Waals surface area (Å²) in [6.45, 7) is 3.42. The minimum absolute atomic E-state index is 0.00105. The summed E-state index contributed by atoms with van der Waals surface area (Å²) >= 11 is 0. The average molecular weight is 343 g/mol. The van der Waals surface area contributed by atoms with Gasteiger partial charge >= 0.3 is 5.97 Å². The molecule has 2 saturated carbocycles. The maximum Gasteiger partial charge on any atom is 0.344 e. The van der Waals surface area contributed by atoms with Gasteiger partial charge in [-0.3, -0.25) is 4.40 Å². The first-order chi connectivity index (χ1) is 12.0. The van der Waals surface area contributed by atoms with Crippen LogP contribution in [0.1, 0.15) is 48.7 Å². The van der Waals surface area contributed by atoms with Crippen molar-refractivity contribution in [2.75, 3.05) is 20.3 Å². The van der Waals surface area contributed by atoms with Gasteiger partial charge in [-0.25, -0.2) is 9.78 Å². The number of ether oxygens (including phenoxy) is 3. The van der Waals surface area contributed by atoms with Crippen molar-refractivity contribution in [3.8, 4) is 5.88 Å². The van der Waals surface area contributed by atoms with Crippen LogP contribution in [0.2, 0.25) is 0 Å². The molecule has 4 heterocycles. The quantitative estimate of drug-likeness (QED) is 0.774. The Morgan fingerprint density at radius 1 is 1.36 bits per heavy atom. The van der Waals surface area contributed by atoms with Crippen molar-refractivity contribution in [1.82, 2.24) is 14.4 Å². The fourth-order valence-electron chi connectivity index (χ4n) is 4.16. The Balaban J connectivity index is 1.53. The second-order valence-corrected chi connectivity index (χ2v) is 7.91. The summed E-state index contributed by atoms with van der Waals surface area (Å²) < 4.78 is 18.3. The lowest BCUT2D eigenvalue weighted by Gasteiger charge is -2.41. The van der Waals surface area contributed by atoms with E-state index < -0.39 is 5.97 Å². The fraction of sp³-hybridized carbons (Fsp3) is 0.611. The summed E-state index contributed by atoms with van der Waals surface area (Å²) in [5, 5.41) is 0. The van der Waals surface area contributed by atoms with E-state index in [-0.39, 0.29) is 11.0 Å². The number of hydrogen-bond donors (Lipinski definition) is 0. The van der Waals surface area contributed by atoms with E-state index in [4.69, 9.17) is 19.2 Å². The summed E-state index contributed by atoms with van der Waals surface area (Å²) in [5.41, 5.74) is 1.30. The Hall–Kier alpha value is -2.15. The molecule has 25 heavy (non-hydrogen) atoms. The molecule has 132 valence electrons. The van der Waals surface area contributed by atoms with Gasteiger partial charge in [0.05, 0.1) is 31.6 Å². The molecule has 2 aromatic rings. The predicted octanol–water partition coefficient (Wildman–Crippen LogP) is 2.13. The number of carbonyl (C=O) groups excluding carboxylic acids is 1. The van der Waals surface area contributed by atoms with Gasteiger partial charge in [-0.2, -0.15) is 4.98 Å². The molecule has 0 atom stereocenters. The number of imidazole rings is 1. The molecule has 0 N–H and O–H groups in total. The van der Waals surface area contributed by atoms with Crippen molar-refractivity contribution < 1.29 is 19.0 Å². The molecular weight excluding hydrogens is 322 g/mol. The van der Waals surface area contributed by atoms with Gasteiger partial charge in [0.15, 0.2) is 0 Å². The highest BCUT2D eigenvalue weighted by Crippen LogP contribution is 2.58. The summed E-state index contributed by atoms with van der Waals surface area (Å²) in [6, 6.07) is 0. The molecule has 7 heteroatoms. The van der Waals surface area contributed by atoms with E-state index in [0.717, 1.165) is 18.5 Å². The lowest BCUT2D eigenvalue weighted by atomic mass is 9.62. The zero-order chi connectivity index (χ0) is 17.2. The first-order valence-corrected chi connectivity index (χ1v) is 8.76. The smallest absolute Gasteiger partial charge is 0.344 e. The van der Waals surface area contributed by atoms with Gasteiger partial charge in [0, 0.05) is 17.8 Å². The van der Waals surface area contributed by atoms with Crippen LogP contribution in [0.3, 0.4) is 0 Å². The van der Waals surface area contributed by atoms with E-state index in [1.165, 1.54) is 20.0 Å².